The van der Waals surface area contributed by atoms with Gasteiger partial charge in [-0.3, -0.25) is 18.6 Å². The average Bonchev–Trinajstić information content (AvgIpc) is 2.97. The predicted octanol–water partition coefficient (Wildman–Crippen LogP) is 0.965. The second kappa shape index (κ2) is 5.05. The molecule has 3 aromatic rings. The van der Waals surface area contributed by atoms with Crippen molar-refractivity contribution in [2.24, 2.45) is 7.05 Å². The highest BCUT2D eigenvalue weighted by Crippen LogP contribution is 2.06. The molecule has 0 unspecified atom stereocenters. The van der Waals surface area contributed by atoms with Gasteiger partial charge in [0, 0.05) is 25.4 Å². The number of aromatic nitrogens is 4. The predicted molar refractivity (Wildman–Crippen MR) is 80.5 cm³/mol. The van der Waals surface area contributed by atoms with Crippen LogP contribution >= 0.6 is 0 Å². The van der Waals surface area contributed by atoms with Crippen molar-refractivity contribution in [1.29, 1.82) is 0 Å². The zero-order valence-corrected chi connectivity index (χ0v) is 12.0. The number of aryl methyl sites for hydroxylation is 2. The lowest BCUT2D eigenvalue weighted by Crippen LogP contribution is -2.39. The lowest BCUT2D eigenvalue weighted by atomic mass is 10.2. The number of hydrogen-bond acceptors (Lipinski definition) is 3. The monoisotopic (exact) mass is 284 g/mol. The van der Waals surface area contributed by atoms with E-state index in [1.807, 2.05) is 19.2 Å². The fraction of sp³-hybridized carbons (Fsp3) is 0.267. The molecule has 0 aliphatic rings. The van der Waals surface area contributed by atoms with Crippen molar-refractivity contribution in [2.75, 3.05) is 0 Å². The smallest absolute Gasteiger partial charge is 0.296 e. The molecule has 0 saturated carbocycles. The zero-order chi connectivity index (χ0) is 15.0. The highest BCUT2D eigenvalue weighted by atomic mass is 16.2. The van der Waals surface area contributed by atoms with Gasteiger partial charge in [0.1, 0.15) is 0 Å². The first kappa shape index (κ1) is 13.4. The summed E-state index contributed by atoms with van der Waals surface area (Å²) in [5.74, 6) is 0. The Morgan fingerprint density at radius 1 is 1.19 bits per heavy atom. The van der Waals surface area contributed by atoms with E-state index in [0.29, 0.717) is 10.9 Å². The first-order chi connectivity index (χ1) is 10.1. The van der Waals surface area contributed by atoms with Crippen LogP contribution in [0.2, 0.25) is 0 Å². The van der Waals surface area contributed by atoms with Gasteiger partial charge in [-0.1, -0.05) is 12.1 Å². The Balaban J connectivity index is 2.18. The van der Waals surface area contributed by atoms with Crippen LogP contribution in [-0.2, 0) is 20.1 Å². The third-order valence-electron chi connectivity index (χ3n) is 3.61. The van der Waals surface area contributed by atoms with Crippen LogP contribution in [0.15, 0.2) is 46.2 Å². The Labute approximate surface area is 120 Å². The van der Waals surface area contributed by atoms with Crippen molar-refractivity contribution >= 4 is 10.9 Å². The SMILES string of the molecule is CCn1cc(Cn2c(=O)c3ccccc3n(C)c2=O)cn1. The van der Waals surface area contributed by atoms with Gasteiger partial charge in [0.05, 0.1) is 23.6 Å². The molecule has 0 atom stereocenters. The van der Waals surface area contributed by atoms with E-state index in [9.17, 15) is 9.59 Å². The topological polar surface area (TPSA) is 61.8 Å². The summed E-state index contributed by atoms with van der Waals surface area (Å²) in [6, 6.07) is 7.13. The van der Waals surface area contributed by atoms with Crippen molar-refractivity contribution in [1.82, 2.24) is 18.9 Å². The third-order valence-corrected chi connectivity index (χ3v) is 3.61. The summed E-state index contributed by atoms with van der Waals surface area (Å²) in [6.07, 6.45) is 3.53. The Kier molecular flexibility index (Phi) is 3.21. The highest BCUT2D eigenvalue weighted by Gasteiger charge is 2.11. The first-order valence-corrected chi connectivity index (χ1v) is 6.81. The summed E-state index contributed by atoms with van der Waals surface area (Å²) in [4.78, 5) is 24.9. The Morgan fingerprint density at radius 2 is 1.95 bits per heavy atom. The van der Waals surface area contributed by atoms with Gasteiger partial charge in [0.2, 0.25) is 0 Å². The standard InChI is InChI=1S/C15H16N4O2/c1-3-18-9-11(8-16-18)10-19-14(20)12-6-4-5-7-13(12)17(2)15(19)21/h4-9H,3,10H2,1-2H3. The van der Waals surface area contributed by atoms with Gasteiger partial charge in [-0.15, -0.1) is 0 Å². The van der Waals surface area contributed by atoms with E-state index in [1.54, 1.807) is 36.1 Å². The van der Waals surface area contributed by atoms with Crippen LogP contribution in [0, 0.1) is 0 Å². The van der Waals surface area contributed by atoms with Gasteiger partial charge >= 0.3 is 5.69 Å². The molecule has 2 aromatic heterocycles. The number of fused-ring (bicyclic) bond motifs is 1. The summed E-state index contributed by atoms with van der Waals surface area (Å²) in [5, 5.41) is 4.71. The van der Waals surface area contributed by atoms with Gasteiger partial charge < -0.3 is 0 Å². The summed E-state index contributed by atoms with van der Waals surface area (Å²) in [6.45, 7) is 2.97. The minimum Gasteiger partial charge on any atom is -0.296 e. The number of rotatable bonds is 3. The fourth-order valence-electron chi connectivity index (χ4n) is 2.45. The van der Waals surface area contributed by atoms with Crippen LogP contribution < -0.4 is 11.2 Å². The van der Waals surface area contributed by atoms with Crippen LogP contribution in [0.5, 0.6) is 0 Å². The second-order valence-electron chi connectivity index (χ2n) is 4.95. The molecule has 0 aliphatic carbocycles. The highest BCUT2D eigenvalue weighted by molar-refractivity contribution is 5.77. The van der Waals surface area contributed by atoms with E-state index in [4.69, 9.17) is 0 Å². The average molecular weight is 284 g/mol. The second-order valence-corrected chi connectivity index (χ2v) is 4.95. The van der Waals surface area contributed by atoms with E-state index in [-0.39, 0.29) is 17.8 Å². The number of hydrogen-bond donors (Lipinski definition) is 0. The van der Waals surface area contributed by atoms with Crippen LogP contribution in [0.3, 0.4) is 0 Å². The molecule has 0 saturated heterocycles. The van der Waals surface area contributed by atoms with Crippen molar-refractivity contribution < 1.29 is 0 Å². The summed E-state index contributed by atoms with van der Waals surface area (Å²) in [7, 11) is 1.68. The molecule has 0 fully saturated rings. The Morgan fingerprint density at radius 3 is 2.67 bits per heavy atom. The Hall–Kier alpha value is -2.63. The maximum absolute atomic E-state index is 12.5. The summed E-state index contributed by atoms with van der Waals surface area (Å²) >= 11 is 0. The molecule has 108 valence electrons. The number of para-hydroxylation sites is 1. The molecular weight excluding hydrogens is 268 g/mol. The normalized spacial score (nSPS) is 11.1. The first-order valence-electron chi connectivity index (χ1n) is 6.81. The van der Waals surface area contributed by atoms with Crippen molar-refractivity contribution in [3.8, 4) is 0 Å². The molecule has 3 rings (SSSR count). The van der Waals surface area contributed by atoms with Crippen LogP contribution in [-0.4, -0.2) is 18.9 Å². The summed E-state index contributed by atoms with van der Waals surface area (Å²) < 4.78 is 4.52. The maximum atomic E-state index is 12.5. The van der Waals surface area contributed by atoms with E-state index in [0.717, 1.165) is 12.1 Å². The van der Waals surface area contributed by atoms with E-state index in [2.05, 4.69) is 5.10 Å². The zero-order valence-electron chi connectivity index (χ0n) is 12.0. The van der Waals surface area contributed by atoms with Crippen LogP contribution in [0.25, 0.3) is 10.9 Å². The van der Waals surface area contributed by atoms with E-state index < -0.39 is 0 Å². The molecule has 2 heterocycles. The van der Waals surface area contributed by atoms with Gasteiger partial charge in [-0.05, 0) is 19.1 Å². The van der Waals surface area contributed by atoms with Crippen LogP contribution in [0.1, 0.15) is 12.5 Å². The van der Waals surface area contributed by atoms with Crippen LogP contribution in [0.4, 0.5) is 0 Å². The molecular formula is C15H16N4O2. The van der Waals surface area contributed by atoms with Crippen molar-refractivity contribution in [3.63, 3.8) is 0 Å². The molecule has 6 nitrogen and oxygen atoms in total. The van der Waals surface area contributed by atoms with Crippen molar-refractivity contribution in [2.45, 2.75) is 20.0 Å². The lowest BCUT2D eigenvalue weighted by Gasteiger charge is -2.09. The molecule has 0 amide bonds. The van der Waals surface area contributed by atoms with Gasteiger partial charge in [0.25, 0.3) is 5.56 Å². The summed E-state index contributed by atoms with van der Waals surface area (Å²) in [5.41, 5.74) is 0.903. The molecule has 21 heavy (non-hydrogen) atoms. The molecule has 0 N–H and O–H groups in total. The van der Waals surface area contributed by atoms with Gasteiger partial charge in [-0.2, -0.15) is 5.10 Å². The molecule has 0 radical (unpaired) electrons. The number of nitrogens with zero attached hydrogens (tertiary/aromatic N) is 4. The van der Waals surface area contributed by atoms with E-state index >= 15 is 0 Å². The quantitative estimate of drug-likeness (QED) is 0.720. The maximum Gasteiger partial charge on any atom is 0.331 e. The minimum absolute atomic E-state index is 0.232. The third kappa shape index (κ3) is 2.18. The van der Waals surface area contributed by atoms with Crippen molar-refractivity contribution in [3.05, 3.63) is 63.1 Å². The molecule has 0 aliphatic heterocycles. The van der Waals surface area contributed by atoms with Gasteiger partial charge in [0.15, 0.2) is 0 Å². The fourth-order valence-corrected chi connectivity index (χ4v) is 2.45. The Bertz CT molecular complexity index is 917. The number of benzene rings is 1. The molecule has 0 spiro atoms. The molecule has 0 bridgehead atoms. The minimum atomic E-state index is -0.317. The lowest BCUT2D eigenvalue weighted by molar-refractivity contribution is 0.649. The molecule has 6 heteroatoms. The molecule has 1 aromatic carbocycles. The van der Waals surface area contributed by atoms with Gasteiger partial charge in [-0.25, -0.2) is 4.79 Å². The largest absolute Gasteiger partial charge is 0.331 e. The van der Waals surface area contributed by atoms with E-state index in [1.165, 1.54) is 9.13 Å².